The summed E-state index contributed by atoms with van der Waals surface area (Å²) in [7, 11) is 5.00. The van der Waals surface area contributed by atoms with Crippen molar-refractivity contribution in [2.24, 2.45) is 13.0 Å². The molecule has 0 unspecified atom stereocenters. The van der Waals surface area contributed by atoms with Crippen molar-refractivity contribution in [3.8, 4) is 17.6 Å². The first-order valence-corrected chi connectivity index (χ1v) is 12.7. The molecule has 1 atom stereocenters. The molecule has 1 fully saturated rings. The number of aromatic nitrogens is 2. The van der Waals surface area contributed by atoms with E-state index in [4.69, 9.17) is 9.47 Å². The molecule has 2 amide bonds. The summed E-state index contributed by atoms with van der Waals surface area (Å²) in [4.78, 5) is 32.6. The molecule has 1 aliphatic rings. The minimum Gasteiger partial charge on any atom is -0.495 e. The van der Waals surface area contributed by atoms with Gasteiger partial charge in [0.25, 0.3) is 5.91 Å². The Kier molecular flexibility index (Phi) is 7.36. The van der Waals surface area contributed by atoms with Gasteiger partial charge < -0.3 is 24.3 Å². The van der Waals surface area contributed by atoms with Crippen LogP contribution in [0.3, 0.4) is 0 Å². The van der Waals surface area contributed by atoms with Gasteiger partial charge >= 0.3 is 0 Å². The molecule has 9 nitrogen and oxygen atoms in total. The molecule has 4 rings (SSSR count). The second kappa shape index (κ2) is 10.4. The number of carbonyl (C=O) groups is 2. The Morgan fingerprint density at radius 2 is 1.97 bits per heavy atom. The van der Waals surface area contributed by atoms with Gasteiger partial charge in [-0.3, -0.25) is 9.59 Å². The van der Waals surface area contributed by atoms with Crippen LogP contribution >= 0.6 is 0 Å². The molecule has 1 saturated heterocycles. The summed E-state index contributed by atoms with van der Waals surface area (Å²) < 4.78 is 13.0. The van der Waals surface area contributed by atoms with Gasteiger partial charge in [-0.15, -0.1) is 0 Å². The lowest BCUT2D eigenvalue weighted by molar-refractivity contribution is -0.142. The van der Waals surface area contributed by atoms with Gasteiger partial charge in [0, 0.05) is 36.8 Å². The van der Waals surface area contributed by atoms with E-state index in [-0.39, 0.29) is 34.8 Å². The van der Waals surface area contributed by atoms with Crippen LogP contribution in [0.5, 0.6) is 11.5 Å². The lowest BCUT2D eigenvalue weighted by Gasteiger charge is -2.46. The molecule has 0 bridgehead atoms. The molecule has 2 aromatic heterocycles. The Morgan fingerprint density at radius 1 is 1.24 bits per heavy atom. The Morgan fingerprint density at radius 3 is 2.58 bits per heavy atom. The fraction of sp³-hybridized carbons (Fsp3) is 0.448. The van der Waals surface area contributed by atoms with Gasteiger partial charge in [-0.05, 0) is 56.4 Å². The SMILES string of the molecule is COc1ccc(C(=O)Nc2cnc3c(c([C@H]4CCN(C(=O)C(C)C)C(C)(C)C4)cn3C)c2OC)cc1C#N. The highest BCUT2D eigenvalue weighted by atomic mass is 16.5. The Bertz CT molecular complexity index is 1430. The molecule has 1 aliphatic heterocycles. The van der Waals surface area contributed by atoms with Crippen molar-refractivity contribution in [3.63, 3.8) is 0 Å². The molecule has 38 heavy (non-hydrogen) atoms. The number of hydrogen-bond donors (Lipinski definition) is 1. The summed E-state index contributed by atoms with van der Waals surface area (Å²) in [6, 6.07) is 6.75. The number of anilines is 1. The van der Waals surface area contributed by atoms with E-state index in [9.17, 15) is 14.9 Å². The molecule has 0 spiro atoms. The maximum atomic E-state index is 13.1. The fourth-order valence-electron chi connectivity index (χ4n) is 5.48. The number of pyridine rings is 1. The van der Waals surface area contributed by atoms with Gasteiger partial charge in [-0.2, -0.15) is 5.26 Å². The highest BCUT2D eigenvalue weighted by molar-refractivity contribution is 6.07. The molecular weight excluding hydrogens is 482 g/mol. The molecule has 3 heterocycles. The van der Waals surface area contributed by atoms with Gasteiger partial charge in [0.2, 0.25) is 5.91 Å². The van der Waals surface area contributed by atoms with Gasteiger partial charge in [0.1, 0.15) is 23.2 Å². The fourth-order valence-corrected chi connectivity index (χ4v) is 5.48. The number of nitriles is 1. The number of nitrogens with zero attached hydrogens (tertiary/aromatic N) is 4. The van der Waals surface area contributed by atoms with Crippen molar-refractivity contribution < 1.29 is 19.1 Å². The number of likely N-dealkylation sites (tertiary alicyclic amines) is 1. The smallest absolute Gasteiger partial charge is 0.255 e. The average Bonchev–Trinajstić information content (AvgIpc) is 3.23. The molecule has 0 saturated carbocycles. The predicted molar refractivity (Wildman–Crippen MR) is 146 cm³/mol. The van der Waals surface area contributed by atoms with E-state index in [0.29, 0.717) is 29.3 Å². The first-order valence-electron chi connectivity index (χ1n) is 12.7. The van der Waals surface area contributed by atoms with Gasteiger partial charge in [0.05, 0.1) is 31.4 Å². The van der Waals surface area contributed by atoms with E-state index in [2.05, 4.69) is 36.4 Å². The zero-order valence-electron chi connectivity index (χ0n) is 23.1. The Balaban J connectivity index is 1.70. The summed E-state index contributed by atoms with van der Waals surface area (Å²) in [5.74, 6) is 0.866. The van der Waals surface area contributed by atoms with Crippen molar-refractivity contribution in [2.75, 3.05) is 26.1 Å². The number of amides is 2. The van der Waals surface area contributed by atoms with Crippen LogP contribution in [-0.2, 0) is 11.8 Å². The summed E-state index contributed by atoms with van der Waals surface area (Å²) in [6.07, 6.45) is 5.29. The number of aryl methyl sites for hydroxylation is 1. The first kappa shape index (κ1) is 27.0. The largest absolute Gasteiger partial charge is 0.495 e. The summed E-state index contributed by atoms with van der Waals surface area (Å²) in [6.45, 7) is 8.80. The number of carbonyl (C=O) groups excluding carboxylic acids is 2. The number of fused-ring (bicyclic) bond motifs is 1. The first-order chi connectivity index (χ1) is 18.0. The zero-order valence-corrected chi connectivity index (χ0v) is 23.1. The third kappa shape index (κ3) is 4.78. The molecule has 1 aromatic carbocycles. The lowest BCUT2D eigenvalue weighted by atomic mass is 9.78. The van der Waals surface area contributed by atoms with E-state index in [1.807, 2.05) is 30.4 Å². The number of ether oxygens (including phenoxy) is 2. The minimum atomic E-state index is -0.386. The lowest BCUT2D eigenvalue weighted by Crippen LogP contribution is -2.53. The quantitative estimate of drug-likeness (QED) is 0.500. The second-order valence-electron chi connectivity index (χ2n) is 10.7. The van der Waals surface area contributed by atoms with Crippen LogP contribution in [0.25, 0.3) is 11.0 Å². The van der Waals surface area contributed by atoms with Crippen LogP contribution in [0.2, 0.25) is 0 Å². The van der Waals surface area contributed by atoms with Gasteiger partial charge in [-0.25, -0.2) is 4.98 Å². The van der Waals surface area contributed by atoms with Crippen molar-refractivity contribution in [1.29, 1.82) is 5.26 Å². The number of nitrogens with one attached hydrogen (secondary N) is 1. The Hall–Kier alpha value is -4.06. The average molecular weight is 518 g/mol. The van der Waals surface area contributed by atoms with Crippen LogP contribution in [0.4, 0.5) is 5.69 Å². The van der Waals surface area contributed by atoms with E-state index >= 15 is 0 Å². The maximum Gasteiger partial charge on any atom is 0.255 e. The Labute approximate surface area is 223 Å². The monoisotopic (exact) mass is 517 g/mol. The maximum absolute atomic E-state index is 13.1. The van der Waals surface area contributed by atoms with Crippen LogP contribution in [0.15, 0.2) is 30.6 Å². The third-order valence-electron chi connectivity index (χ3n) is 7.38. The number of methoxy groups -OCH3 is 2. The van der Waals surface area contributed by atoms with Crippen LogP contribution in [-0.4, -0.2) is 52.6 Å². The third-order valence-corrected chi connectivity index (χ3v) is 7.38. The van der Waals surface area contributed by atoms with E-state index in [1.54, 1.807) is 25.4 Å². The van der Waals surface area contributed by atoms with E-state index < -0.39 is 0 Å². The van der Waals surface area contributed by atoms with E-state index in [0.717, 1.165) is 29.4 Å². The molecule has 0 aliphatic carbocycles. The number of rotatable bonds is 6. The molecule has 9 heteroatoms. The van der Waals surface area contributed by atoms with Gasteiger partial charge in [-0.1, -0.05) is 13.8 Å². The molecule has 1 N–H and O–H groups in total. The highest BCUT2D eigenvalue weighted by Crippen LogP contribution is 2.44. The summed E-state index contributed by atoms with van der Waals surface area (Å²) in [5.41, 5.74) is 2.58. The van der Waals surface area contributed by atoms with Crippen LogP contribution < -0.4 is 14.8 Å². The highest BCUT2D eigenvalue weighted by Gasteiger charge is 2.40. The zero-order chi connectivity index (χ0) is 27.8. The van der Waals surface area contributed by atoms with E-state index in [1.165, 1.54) is 13.2 Å². The van der Waals surface area contributed by atoms with Crippen LogP contribution in [0.1, 0.15) is 67.9 Å². The minimum absolute atomic E-state index is 0.0474. The second-order valence-corrected chi connectivity index (χ2v) is 10.7. The number of piperidine rings is 1. The van der Waals surface area contributed by atoms with Gasteiger partial charge in [0.15, 0.2) is 5.75 Å². The predicted octanol–water partition coefficient (Wildman–Crippen LogP) is 4.86. The standard InChI is InChI=1S/C29H35N5O4/c1-17(2)28(36)34-11-10-19(13-29(34,3)4)21-16-33(5)26-24(21)25(38-7)22(15-31-26)32-27(35)18-8-9-23(37-6)20(12-18)14-30/h8-9,12,15-17,19H,10-11,13H2,1-7H3,(H,32,35)/t19-/m0/s1. The summed E-state index contributed by atoms with van der Waals surface area (Å²) in [5, 5.41) is 13.2. The molecule has 200 valence electrons. The molecule has 0 radical (unpaired) electrons. The van der Waals surface area contributed by atoms with Crippen LogP contribution in [0, 0.1) is 17.2 Å². The van der Waals surface area contributed by atoms with Crippen molar-refractivity contribution in [2.45, 2.75) is 52.0 Å². The molecule has 3 aromatic rings. The van der Waals surface area contributed by atoms with Crippen molar-refractivity contribution in [1.82, 2.24) is 14.5 Å². The number of hydrogen-bond acceptors (Lipinski definition) is 6. The normalized spacial score (nSPS) is 16.8. The molecular formula is C29H35N5O4. The summed E-state index contributed by atoms with van der Waals surface area (Å²) >= 11 is 0. The van der Waals surface area contributed by atoms with Crippen molar-refractivity contribution >= 4 is 28.5 Å². The topological polar surface area (TPSA) is 109 Å². The number of benzene rings is 1. The van der Waals surface area contributed by atoms with Crippen molar-refractivity contribution in [3.05, 3.63) is 47.3 Å².